The first-order valence-corrected chi connectivity index (χ1v) is 11.9. The summed E-state index contributed by atoms with van der Waals surface area (Å²) in [5, 5.41) is 3.39. The average Bonchev–Trinajstić information content (AvgIpc) is 3.50. The van der Waals surface area contributed by atoms with Crippen LogP contribution in [0.3, 0.4) is 0 Å². The van der Waals surface area contributed by atoms with Gasteiger partial charge in [-0.15, -0.1) is 0 Å². The van der Waals surface area contributed by atoms with Gasteiger partial charge in [0.1, 0.15) is 23.8 Å². The Morgan fingerprint density at radius 1 is 1.03 bits per heavy atom. The minimum Gasteiger partial charge on any atom is -0.378 e. The number of anilines is 2. The number of aromatic amines is 1. The fraction of sp³-hybridized carbons (Fsp3) is 0.320. The van der Waals surface area contributed by atoms with Crippen LogP contribution in [0.2, 0.25) is 0 Å². The standard InChI is InChI=1S/C25H27N9O/c1-16(2)34-24(17-7-8-21(26-13-17)33-9-11-35-12-10-33)32-22-23(28-15-29-25(22)34)27-14-20-30-18-5-3-4-6-19(18)31-20/h3-8,13,15-16H,9-12,14H2,1-2H3,(H,30,31)(H,27,28,29). The number of benzene rings is 1. The van der Waals surface area contributed by atoms with Gasteiger partial charge in [0.15, 0.2) is 17.0 Å². The summed E-state index contributed by atoms with van der Waals surface area (Å²) < 4.78 is 7.59. The summed E-state index contributed by atoms with van der Waals surface area (Å²) in [7, 11) is 0. The van der Waals surface area contributed by atoms with E-state index in [4.69, 9.17) is 14.7 Å². The first-order chi connectivity index (χ1) is 17.2. The Morgan fingerprint density at radius 2 is 1.89 bits per heavy atom. The molecule has 0 bridgehead atoms. The van der Waals surface area contributed by atoms with Gasteiger partial charge in [-0.05, 0) is 38.1 Å². The summed E-state index contributed by atoms with van der Waals surface area (Å²) in [6.45, 7) is 7.93. The van der Waals surface area contributed by atoms with E-state index in [1.54, 1.807) is 6.33 Å². The van der Waals surface area contributed by atoms with Crippen molar-refractivity contribution < 1.29 is 4.74 Å². The molecule has 0 atom stereocenters. The van der Waals surface area contributed by atoms with Crippen molar-refractivity contribution in [3.8, 4) is 11.4 Å². The molecule has 0 saturated carbocycles. The molecule has 178 valence electrons. The number of hydrogen-bond donors (Lipinski definition) is 2. The lowest BCUT2D eigenvalue weighted by Gasteiger charge is -2.27. The summed E-state index contributed by atoms with van der Waals surface area (Å²) >= 11 is 0. The van der Waals surface area contributed by atoms with Crippen molar-refractivity contribution in [2.75, 3.05) is 36.5 Å². The van der Waals surface area contributed by atoms with Gasteiger partial charge in [0.2, 0.25) is 0 Å². The highest BCUT2D eigenvalue weighted by Gasteiger charge is 2.20. The molecule has 1 aliphatic heterocycles. The number of H-pyrrole nitrogens is 1. The zero-order chi connectivity index (χ0) is 23.8. The van der Waals surface area contributed by atoms with Crippen LogP contribution in [0.1, 0.15) is 25.7 Å². The van der Waals surface area contributed by atoms with Crippen LogP contribution < -0.4 is 10.2 Å². The third-order valence-corrected chi connectivity index (χ3v) is 6.20. The number of nitrogens with one attached hydrogen (secondary N) is 2. The molecule has 10 nitrogen and oxygen atoms in total. The highest BCUT2D eigenvalue weighted by atomic mass is 16.5. The third-order valence-electron chi connectivity index (χ3n) is 6.20. The second kappa shape index (κ2) is 8.95. The van der Waals surface area contributed by atoms with Crippen LogP contribution in [0.5, 0.6) is 0 Å². The number of hydrogen-bond acceptors (Lipinski definition) is 8. The Kier molecular flexibility index (Phi) is 5.49. The predicted octanol–water partition coefficient (Wildman–Crippen LogP) is 3.79. The van der Waals surface area contributed by atoms with Crippen LogP contribution >= 0.6 is 0 Å². The average molecular weight is 470 g/mol. The lowest BCUT2D eigenvalue weighted by molar-refractivity contribution is 0.122. The first-order valence-electron chi connectivity index (χ1n) is 11.9. The van der Waals surface area contributed by atoms with Crippen LogP contribution in [0.4, 0.5) is 11.6 Å². The molecule has 4 aromatic heterocycles. The van der Waals surface area contributed by atoms with E-state index in [2.05, 4.69) is 60.7 Å². The van der Waals surface area contributed by atoms with Crippen molar-refractivity contribution in [3.05, 3.63) is 54.7 Å². The quantitative estimate of drug-likeness (QED) is 0.387. The van der Waals surface area contributed by atoms with E-state index >= 15 is 0 Å². The largest absolute Gasteiger partial charge is 0.378 e. The molecule has 5 heterocycles. The van der Waals surface area contributed by atoms with Crippen molar-refractivity contribution in [1.82, 2.24) is 34.5 Å². The number of fused-ring (bicyclic) bond motifs is 2. The molecular formula is C25H27N9O. The van der Waals surface area contributed by atoms with Gasteiger partial charge in [0.05, 0.1) is 30.8 Å². The topological polar surface area (TPSA) is 110 Å². The summed E-state index contributed by atoms with van der Waals surface area (Å²) in [5.41, 5.74) is 4.41. The van der Waals surface area contributed by atoms with Gasteiger partial charge in [-0.3, -0.25) is 0 Å². The Hall–Kier alpha value is -4.05. The smallest absolute Gasteiger partial charge is 0.166 e. The molecule has 1 fully saturated rings. The van der Waals surface area contributed by atoms with Crippen molar-refractivity contribution in [2.45, 2.75) is 26.4 Å². The van der Waals surface area contributed by atoms with Crippen LogP contribution in [-0.2, 0) is 11.3 Å². The minimum absolute atomic E-state index is 0.159. The maximum atomic E-state index is 5.46. The molecule has 2 N–H and O–H groups in total. The third kappa shape index (κ3) is 4.06. The second-order valence-corrected chi connectivity index (χ2v) is 8.85. The minimum atomic E-state index is 0.159. The number of para-hydroxylation sites is 2. The Morgan fingerprint density at radius 3 is 2.66 bits per heavy atom. The summed E-state index contributed by atoms with van der Waals surface area (Å²) in [6.07, 6.45) is 3.47. The van der Waals surface area contributed by atoms with Crippen LogP contribution in [-0.4, -0.2) is 60.8 Å². The molecule has 1 aromatic carbocycles. The van der Waals surface area contributed by atoms with Gasteiger partial charge in [-0.1, -0.05) is 12.1 Å². The summed E-state index contributed by atoms with van der Waals surface area (Å²) in [4.78, 5) is 29.0. The molecule has 35 heavy (non-hydrogen) atoms. The Bertz CT molecular complexity index is 1430. The van der Waals surface area contributed by atoms with E-state index in [0.29, 0.717) is 12.4 Å². The van der Waals surface area contributed by atoms with E-state index in [9.17, 15) is 0 Å². The SMILES string of the molecule is CC(C)n1c(-c2ccc(N3CCOCC3)nc2)nc2c(NCc3nc4ccccc4[nH]3)ncnc21. The monoisotopic (exact) mass is 469 g/mol. The second-order valence-electron chi connectivity index (χ2n) is 8.85. The highest BCUT2D eigenvalue weighted by molar-refractivity contribution is 5.86. The number of aromatic nitrogens is 7. The van der Waals surface area contributed by atoms with Crippen molar-refractivity contribution in [2.24, 2.45) is 0 Å². The van der Waals surface area contributed by atoms with E-state index in [-0.39, 0.29) is 6.04 Å². The van der Waals surface area contributed by atoms with Crippen molar-refractivity contribution in [1.29, 1.82) is 0 Å². The maximum absolute atomic E-state index is 5.46. The van der Waals surface area contributed by atoms with Crippen molar-refractivity contribution >= 4 is 33.8 Å². The zero-order valence-corrected chi connectivity index (χ0v) is 19.8. The molecule has 0 spiro atoms. The molecule has 1 saturated heterocycles. The molecule has 10 heteroatoms. The number of nitrogens with zero attached hydrogens (tertiary/aromatic N) is 7. The first kappa shape index (κ1) is 21.5. The summed E-state index contributed by atoms with van der Waals surface area (Å²) in [5.74, 6) is 3.29. The zero-order valence-electron chi connectivity index (χ0n) is 19.8. The summed E-state index contributed by atoms with van der Waals surface area (Å²) in [6, 6.07) is 12.3. The van der Waals surface area contributed by atoms with Crippen LogP contribution in [0, 0.1) is 0 Å². The van der Waals surface area contributed by atoms with Gasteiger partial charge in [-0.25, -0.2) is 24.9 Å². The maximum Gasteiger partial charge on any atom is 0.166 e. The molecule has 0 radical (unpaired) electrons. The molecule has 0 amide bonds. The van der Waals surface area contributed by atoms with Gasteiger partial charge >= 0.3 is 0 Å². The number of imidazole rings is 2. The number of morpholine rings is 1. The van der Waals surface area contributed by atoms with Crippen LogP contribution in [0.25, 0.3) is 33.6 Å². The van der Waals surface area contributed by atoms with Crippen molar-refractivity contribution in [3.63, 3.8) is 0 Å². The normalized spacial score (nSPS) is 14.3. The molecule has 5 aromatic rings. The van der Waals surface area contributed by atoms with E-state index in [1.165, 1.54) is 0 Å². The van der Waals surface area contributed by atoms with Gasteiger partial charge in [-0.2, -0.15) is 0 Å². The number of ether oxygens (including phenoxy) is 1. The fourth-order valence-corrected chi connectivity index (χ4v) is 4.49. The molecule has 6 rings (SSSR count). The highest BCUT2D eigenvalue weighted by Crippen LogP contribution is 2.30. The van der Waals surface area contributed by atoms with E-state index < -0.39 is 0 Å². The lowest BCUT2D eigenvalue weighted by atomic mass is 10.2. The number of pyridine rings is 1. The lowest BCUT2D eigenvalue weighted by Crippen LogP contribution is -2.36. The Balaban J connectivity index is 1.32. The number of rotatable bonds is 6. The molecular weight excluding hydrogens is 442 g/mol. The molecule has 1 aliphatic rings. The van der Waals surface area contributed by atoms with Gasteiger partial charge in [0, 0.05) is 30.9 Å². The van der Waals surface area contributed by atoms with Crippen LogP contribution in [0.15, 0.2) is 48.9 Å². The molecule has 0 unspecified atom stereocenters. The van der Waals surface area contributed by atoms with E-state index in [1.807, 2.05) is 30.5 Å². The van der Waals surface area contributed by atoms with E-state index in [0.717, 1.165) is 71.5 Å². The van der Waals surface area contributed by atoms with Gasteiger partial charge < -0.3 is 24.5 Å². The Labute approximate surface area is 202 Å². The fourth-order valence-electron chi connectivity index (χ4n) is 4.49. The van der Waals surface area contributed by atoms with Gasteiger partial charge in [0.25, 0.3) is 0 Å². The molecule has 0 aliphatic carbocycles. The predicted molar refractivity (Wildman–Crippen MR) is 135 cm³/mol.